The molecule has 2 rings (SSSR count). The summed E-state index contributed by atoms with van der Waals surface area (Å²) < 4.78 is 1.65. The van der Waals surface area contributed by atoms with Gasteiger partial charge in [0, 0.05) is 0 Å². The Hall–Kier alpha value is -0.510. The van der Waals surface area contributed by atoms with Crippen molar-refractivity contribution < 1.29 is 4.79 Å². The molecule has 0 unspecified atom stereocenters. The lowest BCUT2D eigenvalue weighted by Crippen LogP contribution is -1.86. The third kappa shape index (κ3) is 1.24. The second-order valence-corrected chi connectivity index (χ2v) is 4.34. The molecule has 2 nitrogen and oxygen atoms in total. The van der Waals surface area contributed by atoms with Gasteiger partial charge in [-0.1, -0.05) is 11.6 Å². The van der Waals surface area contributed by atoms with Gasteiger partial charge in [-0.15, -0.1) is 11.3 Å². The normalized spacial score (nSPS) is 10.8. The van der Waals surface area contributed by atoms with E-state index in [0.717, 1.165) is 10.2 Å². The lowest BCUT2D eigenvalue weighted by molar-refractivity contribution is 0.107. The SMILES string of the molecule is O=C(Cl)c1cc2sc(Cl)cc2[nH]1. The van der Waals surface area contributed by atoms with Crippen molar-refractivity contribution in [2.24, 2.45) is 0 Å². The minimum Gasteiger partial charge on any atom is -0.350 e. The summed E-state index contributed by atoms with van der Waals surface area (Å²) in [5, 5.41) is -0.477. The number of halogens is 2. The van der Waals surface area contributed by atoms with Gasteiger partial charge in [0.2, 0.25) is 0 Å². The third-order valence-electron chi connectivity index (χ3n) is 1.49. The van der Waals surface area contributed by atoms with Crippen molar-refractivity contribution >= 4 is 50.0 Å². The molecule has 0 aromatic carbocycles. The summed E-state index contributed by atoms with van der Waals surface area (Å²) in [6, 6.07) is 3.46. The third-order valence-corrected chi connectivity index (χ3v) is 2.90. The smallest absolute Gasteiger partial charge is 0.268 e. The van der Waals surface area contributed by atoms with Gasteiger partial charge < -0.3 is 4.98 Å². The lowest BCUT2D eigenvalue weighted by Gasteiger charge is -1.82. The minimum absolute atomic E-state index is 0.412. The molecule has 0 amide bonds. The number of rotatable bonds is 1. The molecular formula is C7H3Cl2NOS. The van der Waals surface area contributed by atoms with E-state index in [9.17, 15) is 4.79 Å². The van der Waals surface area contributed by atoms with Crippen LogP contribution in [0.15, 0.2) is 12.1 Å². The number of nitrogens with one attached hydrogen (secondary N) is 1. The zero-order chi connectivity index (χ0) is 8.72. The molecule has 2 heterocycles. The Morgan fingerprint density at radius 1 is 1.50 bits per heavy atom. The summed E-state index contributed by atoms with van der Waals surface area (Å²) in [6.07, 6.45) is 0. The Morgan fingerprint density at radius 3 is 2.83 bits per heavy atom. The average molecular weight is 220 g/mol. The summed E-state index contributed by atoms with van der Waals surface area (Å²) in [7, 11) is 0. The van der Waals surface area contributed by atoms with Crippen molar-refractivity contribution in [2.75, 3.05) is 0 Å². The highest BCUT2D eigenvalue weighted by Gasteiger charge is 2.08. The summed E-state index contributed by atoms with van der Waals surface area (Å²) in [4.78, 5) is 13.6. The van der Waals surface area contributed by atoms with Crippen LogP contribution in [0.4, 0.5) is 0 Å². The van der Waals surface area contributed by atoms with Crippen molar-refractivity contribution in [3.63, 3.8) is 0 Å². The molecule has 2 aromatic rings. The number of hydrogen-bond acceptors (Lipinski definition) is 2. The summed E-state index contributed by atoms with van der Waals surface area (Å²) in [5.74, 6) is 0. The number of aromatic amines is 1. The van der Waals surface area contributed by atoms with E-state index in [-0.39, 0.29) is 0 Å². The number of hydrogen-bond donors (Lipinski definition) is 1. The molecule has 0 spiro atoms. The van der Waals surface area contributed by atoms with Crippen LogP contribution in [0.1, 0.15) is 10.5 Å². The first-order chi connectivity index (χ1) is 5.66. The zero-order valence-corrected chi connectivity index (χ0v) is 8.06. The van der Waals surface area contributed by atoms with E-state index < -0.39 is 5.24 Å². The largest absolute Gasteiger partial charge is 0.350 e. The first kappa shape index (κ1) is 8.10. The number of fused-ring (bicyclic) bond motifs is 1. The molecule has 0 saturated carbocycles. The van der Waals surface area contributed by atoms with Gasteiger partial charge in [0.1, 0.15) is 5.69 Å². The molecule has 0 atom stereocenters. The van der Waals surface area contributed by atoms with Crippen LogP contribution in [0.5, 0.6) is 0 Å². The molecule has 62 valence electrons. The predicted octanol–water partition coefficient (Wildman–Crippen LogP) is 3.26. The van der Waals surface area contributed by atoms with Crippen LogP contribution in [-0.2, 0) is 0 Å². The van der Waals surface area contributed by atoms with Crippen molar-refractivity contribution in [3.05, 3.63) is 22.2 Å². The van der Waals surface area contributed by atoms with E-state index in [1.165, 1.54) is 11.3 Å². The molecular weight excluding hydrogens is 217 g/mol. The van der Waals surface area contributed by atoms with Crippen molar-refractivity contribution in [1.29, 1.82) is 0 Å². The number of carbonyl (C=O) groups excluding carboxylic acids is 1. The molecule has 0 aliphatic carbocycles. The predicted molar refractivity (Wildman–Crippen MR) is 51.4 cm³/mol. The van der Waals surface area contributed by atoms with Crippen LogP contribution >= 0.6 is 34.5 Å². The maximum absolute atomic E-state index is 10.7. The Labute approximate surface area is 82.1 Å². The number of carbonyl (C=O) groups is 1. The van der Waals surface area contributed by atoms with E-state index in [2.05, 4.69) is 4.98 Å². The molecule has 1 N–H and O–H groups in total. The van der Waals surface area contributed by atoms with Crippen molar-refractivity contribution in [2.45, 2.75) is 0 Å². The van der Waals surface area contributed by atoms with Crippen LogP contribution in [0.25, 0.3) is 10.2 Å². The first-order valence-corrected chi connectivity index (χ1v) is 4.72. The van der Waals surface area contributed by atoms with E-state index in [1.807, 2.05) is 0 Å². The topological polar surface area (TPSA) is 32.9 Å². The molecule has 0 radical (unpaired) electrons. The molecule has 0 fully saturated rings. The van der Waals surface area contributed by atoms with Gasteiger partial charge >= 0.3 is 0 Å². The van der Waals surface area contributed by atoms with Gasteiger partial charge in [-0.3, -0.25) is 4.79 Å². The van der Waals surface area contributed by atoms with Crippen LogP contribution < -0.4 is 0 Å². The van der Waals surface area contributed by atoms with Gasteiger partial charge in [-0.25, -0.2) is 0 Å². The fourth-order valence-electron chi connectivity index (χ4n) is 0.997. The molecule has 5 heteroatoms. The second kappa shape index (κ2) is 2.76. The van der Waals surface area contributed by atoms with E-state index in [4.69, 9.17) is 23.2 Å². The molecule has 2 aromatic heterocycles. The Morgan fingerprint density at radius 2 is 2.25 bits per heavy atom. The van der Waals surface area contributed by atoms with Crippen molar-refractivity contribution in [1.82, 2.24) is 4.98 Å². The number of H-pyrrole nitrogens is 1. The molecule has 0 aliphatic heterocycles. The van der Waals surface area contributed by atoms with Gasteiger partial charge in [0.25, 0.3) is 5.24 Å². The summed E-state index contributed by atoms with van der Waals surface area (Å²) in [6.45, 7) is 0. The quantitative estimate of drug-likeness (QED) is 0.735. The first-order valence-electron chi connectivity index (χ1n) is 3.15. The average Bonchev–Trinajstić information content (AvgIpc) is 2.42. The Kier molecular flexibility index (Phi) is 1.87. The van der Waals surface area contributed by atoms with Gasteiger partial charge in [0.15, 0.2) is 0 Å². The highest BCUT2D eigenvalue weighted by Crippen LogP contribution is 2.29. The lowest BCUT2D eigenvalue weighted by atomic mass is 10.5. The standard InChI is InChI=1S/C7H3Cl2NOS/c8-6-2-3-5(12-6)1-4(10-3)7(9)11/h1-2,10H. The second-order valence-electron chi connectivity index (χ2n) is 2.29. The van der Waals surface area contributed by atoms with Crippen LogP contribution in [0, 0.1) is 0 Å². The molecule has 0 bridgehead atoms. The highest BCUT2D eigenvalue weighted by atomic mass is 35.5. The van der Waals surface area contributed by atoms with E-state index in [0.29, 0.717) is 10.0 Å². The zero-order valence-electron chi connectivity index (χ0n) is 5.73. The highest BCUT2D eigenvalue weighted by molar-refractivity contribution is 7.22. The minimum atomic E-state index is -0.477. The van der Waals surface area contributed by atoms with Gasteiger partial charge in [-0.05, 0) is 23.7 Å². The molecule has 12 heavy (non-hydrogen) atoms. The molecule has 0 aliphatic rings. The maximum atomic E-state index is 10.7. The maximum Gasteiger partial charge on any atom is 0.268 e. The monoisotopic (exact) mass is 219 g/mol. The van der Waals surface area contributed by atoms with Crippen LogP contribution in [0.2, 0.25) is 4.34 Å². The number of thiophene rings is 1. The van der Waals surface area contributed by atoms with Gasteiger partial charge in [-0.2, -0.15) is 0 Å². The fraction of sp³-hybridized carbons (Fsp3) is 0. The summed E-state index contributed by atoms with van der Waals surface area (Å²) >= 11 is 12.4. The van der Waals surface area contributed by atoms with E-state index in [1.54, 1.807) is 12.1 Å². The fourth-order valence-corrected chi connectivity index (χ4v) is 2.24. The van der Waals surface area contributed by atoms with E-state index >= 15 is 0 Å². The number of aromatic nitrogens is 1. The van der Waals surface area contributed by atoms with Gasteiger partial charge in [0.05, 0.1) is 14.6 Å². The van der Waals surface area contributed by atoms with Crippen LogP contribution in [0.3, 0.4) is 0 Å². The van der Waals surface area contributed by atoms with Crippen molar-refractivity contribution in [3.8, 4) is 0 Å². The molecule has 0 saturated heterocycles. The Balaban J connectivity index is 2.64. The Bertz CT molecular complexity index is 414. The van der Waals surface area contributed by atoms with Crippen LogP contribution in [-0.4, -0.2) is 10.2 Å². The summed E-state index contributed by atoms with van der Waals surface area (Å²) in [5.41, 5.74) is 1.27.